The fourth-order valence-electron chi connectivity index (χ4n) is 2.71. The van der Waals surface area contributed by atoms with Gasteiger partial charge in [0.15, 0.2) is 9.84 Å². The van der Waals surface area contributed by atoms with Crippen molar-refractivity contribution in [3.05, 3.63) is 24.3 Å². The van der Waals surface area contributed by atoms with Crippen molar-refractivity contribution in [3.63, 3.8) is 0 Å². The molecule has 1 atom stereocenters. The van der Waals surface area contributed by atoms with E-state index >= 15 is 0 Å². The molecule has 0 aliphatic carbocycles. The molecule has 124 valence electrons. The third-order valence-corrected chi connectivity index (χ3v) is 6.82. The van der Waals surface area contributed by atoms with Crippen LogP contribution >= 0.6 is 0 Å². The van der Waals surface area contributed by atoms with Gasteiger partial charge in [0.2, 0.25) is 10.0 Å². The summed E-state index contributed by atoms with van der Waals surface area (Å²) in [5.41, 5.74) is 0. The van der Waals surface area contributed by atoms with Crippen molar-refractivity contribution in [1.82, 2.24) is 9.62 Å². The molecule has 0 bridgehead atoms. The highest BCUT2D eigenvalue weighted by molar-refractivity contribution is 7.91. The maximum Gasteiger partial charge on any atom is 0.243 e. The molecule has 2 rings (SSSR count). The van der Waals surface area contributed by atoms with Crippen LogP contribution in [0.3, 0.4) is 0 Å². The zero-order valence-corrected chi connectivity index (χ0v) is 14.5. The van der Waals surface area contributed by atoms with Crippen molar-refractivity contribution in [1.29, 1.82) is 0 Å². The smallest absolute Gasteiger partial charge is 0.243 e. The zero-order valence-electron chi connectivity index (χ0n) is 12.8. The van der Waals surface area contributed by atoms with Crippen LogP contribution in [-0.4, -0.2) is 54.1 Å². The van der Waals surface area contributed by atoms with Crippen LogP contribution in [0, 0.1) is 5.92 Å². The number of piperidine rings is 1. The van der Waals surface area contributed by atoms with E-state index < -0.39 is 19.9 Å². The van der Waals surface area contributed by atoms with E-state index in [4.69, 9.17) is 0 Å². The van der Waals surface area contributed by atoms with E-state index in [1.807, 2.05) is 7.05 Å². The highest BCUT2D eigenvalue weighted by atomic mass is 32.2. The zero-order chi connectivity index (χ0) is 16.4. The number of nitrogens with one attached hydrogen (secondary N) is 1. The van der Waals surface area contributed by atoms with Gasteiger partial charge in [-0.3, -0.25) is 0 Å². The van der Waals surface area contributed by atoms with Gasteiger partial charge in [0.25, 0.3) is 0 Å². The minimum absolute atomic E-state index is 0.0253. The van der Waals surface area contributed by atoms with Crippen LogP contribution in [0.5, 0.6) is 0 Å². The van der Waals surface area contributed by atoms with E-state index in [-0.39, 0.29) is 15.7 Å². The lowest BCUT2D eigenvalue weighted by atomic mass is 10.00. The van der Waals surface area contributed by atoms with Gasteiger partial charge in [0.05, 0.1) is 9.79 Å². The Hall–Kier alpha value is -0.960. The first-order chi connectivity index (χ1) is 10.2. The van der Waals surface area contributed by atoms with Crippen LogP contribution in [0.2, 0.25) is 0 Å². The van der Waals surface area contributed by atoms with E-state index in [1.54, 1.807) is 0 Å². The van der Waals surface area contributed by atoms with Crippen LogP contribution in [0.4, 0.5) is 0 Å². The van der Waals surface area contributed by atoms with Gasteiger partial charge < -0.3 is 5.32 Å². The van der Waals surface area contributed by atoms with E-state index in [1.165, 1.54) is 28.6 Å². The Morgan fingerprint density at radius 3 is 2.55 bits per heavy atom. The average Bonchev–Trinajstić information content (AvgIpc) is 2.47. The number of sulfonamides is 1. The molecule has 8 heteroatoms. The van der Waals surface area contributed by atoms with Crippen molar-refractivity contribution in [3.8, 4) is 0 Å². The molecule has 22 heavy (non-hydrogen) atoms. The van der Waals surface area contributed by atoms with E-state index in [0.717, 1.165) is 25.6 Å². The first-order valence-corrected chi connectivity index (χ1v) is 10.5. The second-order valence-electron chi connectivity index (χ2n) is 5.68. The molecular formula is C14H22N2O4S2. The first kappa shape index (κ1) is 17.4. The Labute approximate surface area is 132 Å². The van der Waals surface area contributed by atoms with Crippen LogP contribution in [0.15, 0.2) is 34.1 Å². The van der Waals surface area contributed by atoms with Crippen molar-refractivity contribution in [2.75, 3.05) is 32.9 Å². The van der Waals surface area contributed by atoms with Crippen LogP contribution in [0.25, 0.3) is 0 Å². The molecule has 1 heterocycles. The van der Waals surface area contributed by atoms with Gasteiger partial charge in [0, 0.05) is 19.3 Å². The summed E-state index contributed by atoms with van der Waals surface area (Å²) in [6, 6.07) is 5.57. The second kappa shape index (κ2) is 6.66. The molecule has 1 N–H and O–H groups in total. The molecule has 0 radical (unpaired) electrons. The van der Waals surface area contributed by atoms with Crippen molar-refractivity contribution in [2.24, 2.45) is 5.92 Å². The molecule has 1 saturated heterocycles. The molecule has 0 aromatic heterocycles. The second-order valence-corrected chi connectivity index (χ2v) is 9.63. The van der Waals surface area contributed by atoms with Crippen LogP contribution < -0.4 is 5.32 Å². The lowest BCUT2D eigenvalue weighted by Crippen LogP contribution is -2.42. The van der Waals surface area contributed by atoms with Gasteiger partial charge >= 0.3 is 0 Å². The fraction of sp³-hybridized carbons (Fsp3) is 0.571. The Kier molecular flexibility index (Phi) is 5.26. The Bertz CT molecular complexity index is 727. The SMILES string of the molecule is CNC[C@@H]1CCCN(S(=O)(=O)c2cccc(S(C)(=O)=O)c2)C1. The predicted octanol–water partition coefficient (Wildman–Crippen LogP) is 0.710. The number of hydrogen-bond donors (Lipinski definition) is 1. The molecule has 0 amide bonds. The summed E-state index contributed by atoms with van der Waals surface area (Å²) >= 11 is 0. The Balaban J connectivity index is 2.30. The van der Waals surface area contributed by atoms with E-state index in [2.05, 4.69) is 5.32 Å². The molecule has 0 saturated carbocycles. The summed E-state index contributed by atoms with van der Waals surface area (Å²) in [5.74, 6) is 0.284. The standard InChI is InChI=1S/C14H22N2O4S2/c1-15-10-12-5-4-8-16(11-12)22(19,20)14-7-3-6-13(9-14)21(2,17)18/h3,6-7,9,12,15H,4-5,8,10-11H2,1-2H3/t12-/m0/s1. The summed E-state index contributed by atoms with van der Waals surface area (Å²) in [6.45, 7) is 1.72. The van der Waals surface area contributed by atoms with E-state index in [0.29, 0.717) is 13.1 Å². The molecular weight excluding hydrogens is 324 g/mol. The van der Waals surface area contributed by atoms with Crippen LogP contribution in [-0.2, 0) is 19.9 Å². The molecule has 0 spiro atoms. The molecule has 1 aliphatic rings. The minimum Gasteiger partial charge on any atom is -0.319 e. The van der Waals surface area contributed by atoms with Gasteiger partial charge in [-0.25, -0.2) is 16.8 Å². The summed E-state index contributed by atoms with van der Waals surface area (Å²) in [4.78, 5) is 0.0675. The molecule has 1 aromatic carbocycles. The fourth-order valence-corrected chi connectivity index (χ4v) is 5.06. The lowest BCUT2D eigenvalue weighted by molar-refractivity contribution is 0.263. The number of benzene rings is 1. The molecule has 6 nitrogen and oxygen atoms in total. The molecule has 1 aliphatic heterocycles. The highest BCUT2D eigenvalue weighted by Crippen LogP contribution is 2.24. The highest BCUT2D eigenvalue weighted by Gasteiger charge is 2.30. The predicted molar refractivity (Wildman–Crippen MR) is 85.0 cm³/mol. The molecule has 1 fully saturated rings. The number of rotatable bonds is 5. The van der Waals surface area contributed by atoms with Crippen molar-refractivity contribution >= 4 is 19.9 Å². The van der Waals surface area contributed by atoms with Gasteiger partial charge in [-0.2, -0.15) is 4.31 Å². The van der Waals surface area contributed by atoms with Gasteiger partial charge in [0.1, 0.15) is 0 Å². The quantitative estimate of drug-likeness (QED) is 0.849. The van der Waals surface area contributed by atoms with Crippen molar-refractivity contribution in [2.45, 2.75) is 22.6 Å². The lowest BCUT2D eigenvalue weighted by Gasteiger charge is -2.31. The summed E-state index contributed by atoms with van der Waals surface area (Å²) < 4.78 is 50.1. The summed E-state index contributed by atoms with van der Waals surface area (Å²) in [7, 11) is -5.23. The topological polar surface area (TPSA) is 83.6 Å². The normalized spacial score (nSPS) is 20.9. The van der Waals surface area contributed by atoms with Crippen molar-refractivity contribution < 1.29 is 16.8 Å². The third kappa shape index (κ3) is 3.87. The Morgan fingerprint density at radius 2 is 1.91 bits per heavy atom. The summed E-state index contributed by atoms with van der Waals surface area (Å²) in [6.07, 6.45) is 2.89. The third-order valence-electron chi connectivity index (χ3n) is 3.85. The maximum absolute atomic E-state index is 12.7. The average molecular weight is 346 g/mol. The number of nitrogens with zero attached hydrogens (tertiary/aromatic N) is 1. The number of sulfone groups is 1. The summed E-state index contributed by atoms with van der Waals surface area (Å²) in [5, 5.41) is 3.08. The maximum atomic E-state index is 12.7. The van der Waals surface area contributed by atoms with Gasteiger partial charge in [-0.05, 0) is 50.6 Å². The number of hydrogen-bond acceptors (Lipinski definition) is 5. The largest absolute Gasteiger partial charge is 0.319 e. The molecule has 0 unspecified atom stereocenters. The first-order valence-electron chi connectivity index (χ1n) is 7.20. The van der Waals surface area contributed by atoms with Gasteiger partial charge in [-0.1, -0.05) is 6.07 Å². The monoisotopic (exact) mass is 346 g/mol. The minimum atomic E-state index is -3.65. The van der Waals surface area contributed by atoms with Crippen LogP contribution in [0.1, 0.15) is 12.8 Å². The molecule has 1 aromatic rings. The van der Waals surface area contributed by atoms with E-state index in [9.17, 15) is 16.8 Å². The van der Waals surface area contributed by atoms with Gasteiger partial charge in [-0.15, -0.1) is 0 Å². The Morgan fingerprint density at radius 1 is 1.23 bits per heavy atom.